The molecule has 0 aliphatic heterocycles. The molecule has 2 N–H and O–H groups in total. The zero-order valence-corrected chi connectivity index (χ0v) is 23.5. The maximum Gasteiger partial charge on any atom is 0.0901 e. The van der Waals surface area contributed by atoms with E-state index in [2.05, 4.69) is 78.8 Å². The van der Waals surface area contributed by atoms with E-state index in [-0.39, 0.29) is 40.5 Å². The van der Waals surface area contributed by atoms with Gasteiger partial charge >= 0.3 is 0 Å². The van der Waals surface area contributed by atoms with Gasteiger partial charge in [-0.1, -0.05) is 76.1 Å². The molecule has 196 valence electrons. The van der Waals surface area contributed by atoms with Gasteiger partial charge in [0.2, 0.25) is 0 Å². The molecule has 35 heavy (non-hydrogen) atoms. The van der Waals surface area contributed by atoms with Crippen LogP contribution in [0.15, 0.2) is 47.1 Å². The van der Waals surface area contributed by atoms with E-state index in [1.165, 1.54) is 29.6 Å². The molecule has 8 atom stereocenters. The van der Waals surface area contributed by atoms with Crippen LogP contribution in [0.25, 0.3) is 0 Å². The van der Waals surface area contributed by atoms with Crippen molar-refractivity contribution in [1.82, 2.24) is 0 Å². The van der Waals surface area contributed by atoms with Crippen molar-refractivity contribution in [2.45, 2.75) is 99.2 Å². The fourth-order valence-corrected chi connectivity index (χ4v) is 9.12. The molecule has 4 rings (SSSR count). The SMILES string of the molecule is COC(CO)[C@@]12CC[C@]3(C)[C@@H]([C@H](C)C=CC=C(C)C)CC[C@@]3(C)[C@@H]1C=CC1=C2CC[C@H](O)C1(C)C. The summed E-state index contributed by atoms with van der Waals surface area (Å²) in [6.07, 6.45) is 17.5. The molecule has 4 aliphatic carbocycles. The van der Waals surface area contributed by atoms with Crippen molar-refractivity contribution in [2.75, 3.05) is 13.7 Å². The molecule has 0 heterocycles. The predicted octanol–water partition coefficient (Wildman–Crippen LogP) is 7.02. The Kier molecular flexibility index (Phi) is 7.14. The van der Waals surface area contributed by atoms with Crippen LogP contribution < -0.4 is 0 Å². The lowest BCUT2D eigenvalue weighted by atomic mass is 9.40. The first kappa shape index (κ1) is 26.9. The van der Waals surface area contributed by atoms with Gasteiger partial charge in [-0.2, -0.15) is 0 Å². The number of methoxy groups -OCH3 is 1. The van der Waals surface area contributed by atoms with Gasteiger partial charge in [-0.3, -0.25) is 0 Å². The Morgan fingerprint density at radius 3 is 2.46 bits per heavy atom. The second-order valence-corrected chi connectivity index (χ2v) is 13.4. The second kappa shape index (κ2) is 9.30. The summed E-state index contributed by atoms with van der Waals surface area (Å²) in [5.41, 5.74) is 3.98. The van der Waals surface area contributed by atoms with Crippen molar-refractivity contribution in [3.8, 4) is 0 Å². The topological polar surface area (TPSA) is 49.7 Å². The highest BCUT2D eigenvalue weighted by molar-refractivity contribution is 5.46. The predicted molar refractivity (Wildman–Crippen MR) is 145 cm³/mol. The van der Waals surface area contributed by atoms with Crippen molar-refractivity contribution < 1.29 is 14.9 Å². The number of rotatable bonds is 6. The Bertz CT molecular complexity index is 930. The van der Waals surface area contributed by atoms with E-state index in [0.29, 0.717) is 17.8 Å². The number of allylic oxidation sites excluding steroid dienone is 6. The van der Waals surface area contributed by atoms with E-state index in [1.54, 1.807) is 7.11 Å². The van der Waals surface area contributed by atoms with E-state index in [0.717, 1.165) is 25.7 Å². The third-order valence-corrected chi connectivity index (χ3v) is 11.4. The molecule has 4 aliphatic rings. The van der Waals surface area contributed by atoms with Gasteiger partial charge < -0.3 is 14.9 Å². The molecule has 2 saturated carbocycles. The van der Waals surface area contributed by atoms with Gasteiger partial charge in [0.25, 0.3) is 0 Å². The van der Waals surface area contributed by atoms with E-state index in [9.17, 15) is 10.2 Å². The van der Waals surface area contributed by atoms with E-state index in [1.807, 2.05) is 0 Å². The highest BCUT2D eigenvalue weighted by Crippen LogP contribution is 2.74. The molecule has 0 aromatic rings. The summed E-state index contributed by atoms with van der Waals surface area (Å²) in [6, 6.07) is 0. The number of aliphatic hydroxyl groups excluding tert-OH is 2. The van der Waals surface area contributed by atoms with Crippen LogP contribution in [-0.2, 0) is 4.74 Å². The van der Waals surface area contributed by atoms with Crippen molar-refractivity contribution in [3.63, 3.8) is 0 Å². The van der Waals surface area contributed by atoms with Crippen LogP contribution in [0.2, 0.25) is 0 Å². The van der Waals surface area contributed by atoms with Crippen LogP contribution in [0.3, 0.4) is 0 Å². The normalized spacial score (nSPS) is 41.8. The zero-order valence-electron chi connectivity index (χ0n) is 23.5. The second-order valence-electron chi connectivity index (χ2n) is 13.4. The van der Waals surface area contributed by atoms with Gasteiger partial charge in [0.05, 0.1) is 18.8 Å². The van der Waals surface area contributed by atoms with Crippen LogP contribution in [0.1, 0.15) is 87.0 Å². The zero-order chi connectivity index (χ0) is 25.8. The molecule has 0 radical (unpaired) electrons. The first-order valence-electron chi connectivity index (χ1n) is 14.0. The van der Waals surface area contributed by atoms with Gasteiger partial charge in [0, 0.05) is 17.9 Å². The first-order valence-corrected chi connectivity index (χ1v) is 14.0. The maximum absolute atomic E-state index is 10.9. The van der Waals surface area contributed by atoms with Crippen LogP contribution in [0, 0.1) is 39.4 Å². The summed E-state index contributed by atoms with van der Waals surface area (Å²) in [4.78, 5) is 0. The molecule has 0 aromatic carbocycles. The molecule has 0 bridgehead atoms. The van der Waals surface area contributed by atoms with Crippen molar-refractivity contribution in [3.05, 3.63) is 47.1 Å². The van der Waals surface area contributed by atoms with Crippen LogP contribution in [0.4, 0.5) is 0 Å². The first-order chi connectivity index (χ1) is 16.4. The minimum Gasteiger partial charge on any atom is -0.394 e. The van der Waals surface area contributed by atoms with Crippen LogP contribution >= 0.6 is 0 Å². The monoisotopic (exact) mass is 482 g/mol. The summed E-state index contributed by atoms with van der Waals surface area (Å²) in [5, 5.41) is 21.5. The Hall–Kier alpha value is -1.16. The fraction of sp³-hybridized carbons (Fsp3) is 0.750. The Balaban J connectivity index is 1.80. The third-order valence-electron chi connectivity index (χ3n) is 11.4. The van der Waals surface area contributed by atoms with E-state index >= 15 is 0 Å². The summed E-state index contributed by atoms with van der Waals surface area (Å²) < 4.78 is 6.12. The minimum absolute atomic E-state index is 0.0403. The lowest BCUT2D eigenvalue weighted by molar-refractivity contribution is -0.149. The molecular weight excluding hydrogens is 432 g/mol. The van der Waals surface area contributed by atoms with Gasteiger partial charge in [-0.15, -0.1) is 0 Å². The summed E-state index contributed by atoms with van der Waals surface area (Å²) in [7, 11) is 1.78. The molecule has 2 fully saturated rings. The Labute approximate surface area is 214 Å². The van der Waals surface area contributed by atoms with E-state index < -0.39 is 0 Å². The summed E-state index contributed by atoms with van der Waals surface area (Å²) in [6.45, 7) is 16.2. The molecule has 0 aromatic heterocycles. The van der Waals surface area contributed by atoms with Gasteiger partial charge in [-0.25, -0.2) is 0 Å². The van der Waals surface area contributed by atoms with Crippen LogP contribution in [-0.4, -0.2) is 36.1 Å². The summed E-state index contributed by atoms with van der Waals surface area (Å²) in [5.74, 6) is 1.51. The smallest absolute Gasteiger partial charge is 0.0901 e. The number of hydrogen-bond donors (Lipinski definition) is 2. The quantitative estimate of drug-likeness (QED) is 0.400. The largest absolute Gasteiger partial charge is 0.394 e. The number of ether oxygens (including phenoxy) is 1. The average molecular weight is 483 g/mol. The maximum atomic E-state index is 10.9. The average Bonchev–Trinajstić information content (AvgIpc) is 3.08. The number of fused-ring (bicyclic) bond motifs is 4. The highest BCUT2D eigenvalue weighted by Gasteiger charge is 2.68. The van der Waals surface area contributed by atoms with Crippen molar-refractivity contribution in [2.24, 2.45) is 39.4 Å². The number of aliphatic hydroxyl groups is 2. The van der Waals surface area contributed by atoms with Crippen molar-refractivity contribution in [1.29, 1.82) is 0 Å². The molecule has 1 unspecified atom stereocenters. The minimum atomic E-state index is -0.330. The molecule has 0 amide bonds. The standard InChI is InChI=1S/C32H50O3/c1-21(2)10-9-11-22(3)23-16-17-31(7)26-14-12-24-25(13-15-27(34)29(24,4)5)32(26,28(20-33)35-8)19-18-30(23,31)6/h9-12,14,22-23,26-28,33-34H,13,15-20H2,1-8H3/t22-,23-,26+,27+,28?,30-,31+,32-/m1/s1. The molecule has 0 spiro atoms. The van der Waals surface area contributed by atoms with Crippen molar-refractivity contribution >= 4 is 0 Å². The summed E-state index contributed by atoms with van der Waals surface area (Å²) >= 11 is 0. The molecule has 0 saturated heterocycles. The molecular formula is C32H50O3. The fourth-order valence-electron chi connectivity index (χ4n) is 9.12. The van der Waals surface area contributed by atoms with E-state index in [4.69, 9.17) is 4.74 Å². The Morgan fingerprint density at radius 1 is 1.11 bits per heavy atom. The van der Waals surface area contributed by atoms with Gasteiger partial charge in [0.15, 0.2) is 0 Å². The lowest BCUT2D eigenvalue weighted by Gasteiger charge is -2.65. The van der Waals surface area contributed by atoms with Gasteiger partial charge in [-0.05, 0) is 86.5 Å². The molecule has 3 heteroatoms. The van der Waals surface area contributed by atoms with Crippen LogP contribution in [0.5, 0.6) is 0 Å². The highest BCUT2D eigenvalue weighted by atomic mass is 16.5. The van der Waals surface area contributed by atoms with Gasteiger partial charge in [0.1, 0.15) is 0 Å². The third kappa shape index (κ3) is 3.79. The Morgan fingerprint density at radius 2 is 1.83 bits per heavy atom. The number of hydrogen-bond acceptors (Lipinski definition) is 3. The molecule has 3 nitrogen and oxygen atoms in total. The lowest BCUT2D eigenvalue weighted by Crippen LogP contribution is -2.61.